The molecule has 0 aliphatic carbocycles. The Balaban J connectivity index is 2.04. The van der Waals surface area contributed by atoms with Crippen molar-refractivity contribution in [3.8, 4) is 0 Å². The molecule has 3 heteroatoms. The summed E-state index contributed by atoms with van der Waals surface area (Å²) in [6.45, 7) is 7.39. The highest BCUT2D eigenvalue weighted by Crippen LogP contribution is 2.07. The smallest absolute Gasteiger partial charge is 0.123 e. The van der Waals surface area contributed by atoms with Crippen LogP contribution in [-0.4, -0.2) is 31.1 Å². The second kappa shape index (κ2) is 9.89. The van der Waals surface area contributed by atoms with Gasteiger partial charge in [-0.1, -0.05) is 38.8 Å². The molecular weight excluding hydrogens is 251 g/mol. The van der Waals surface area contributed by atoms with Crippen molar-refractivity contribution in [1.29, 1.82) is 0 Å². The SMILES string of the molecule is CC(C)NCCCCCCN(C)Cc1cccc(F)c1. The van der Waals surface area contributed by atoms with Crippen molar-refractivity contribution in [2.75, 3.05) is 20.1 Å². The van der Waals surface area contributed by atoms with E-state index in [-0.39, 0.29) is 5.82 Å². The number of nitrogens with zero attached hydrogens (tertiary/aromatic N) is 1. The van der Waals surface area contributed by atoms with E-state index in [2.05, 4.69) is 31.1 Å². The first-order valence-electron chi connectivity index (χ1n) is 7.74. The zero-order valence-electron chi connectivity index (χ0n) is 13.2. The Morgan fingerprint density at radius 3 is 2.60 bits per heavy atom. The van der Waals surface area contributed by atoms with Crippen molar-refractivity contribution < 1.29 is 4.39 Å². The fourth-order valence-corrected chi connectivity index (χ4v) is 2.28. The lowest BCUT2D eigenvalue weighted by atomic mass is 10.1. The minimum atomic E-state index is -0.145. The Morgan fingerprint density at radius 1 is 1.15 bits per heavy atom. The van der Waals surface area contributed by atoms with Gasteiger partial charge in [-0.15, -0.1) is 0 Å². The monoisotopic (exact) mass is 280 g/mol. The molecule has 0 amide bonds. The molecule has 0 spiro atoms. The van der Waals surface area contributed by atoms with E-state index in [1.807, 2.05) is 6.07 Å². The molecule has 1 rings (SSSR count). The lowest BCUT2D eigenvalue weighted by Gasteiger charge is -2.16. The van der Waals surface area contributed by atoms with Crippen LogP contribution in [0.3, 0.4) is 0 Å². The molecule has 0 saturated carbocycles. The van der Waals surface area contributed by atoms with Crippen molar-refractivity contribution in [1.82, 2.24) is 10.2 Å². The molecule has 0 heterocycles. The summed E-state index contributed by atoms with van der Waals surface area (Å²) in [6.07, 6.45) is 5.03. The predicted molar refractivity (Wildman–Crippen MR) is 84.3 cm³/mol. The van der Waals surface area contributed by atoms with Crippen LogP contribution in [0.1, 0.15) is 45.1 Å². The molecule has 114 valence electrons. The zero-order valence-corrected chi connectivity index (χ0v) is 13.2. The van der Waals surface area contributed by atoms with E-state index in [4.69, 9.17) is 0 Å². The van der Waals surface area contributed by atoms with E-state index in [0.29, 0.717) is 6.04 Å². The first kappa shape index (κ1) is 17.1. The van der Waals surface area contributed by atoms with Gasteiger partial charge < -0.3 is 10.2 Å². The molecule has 1 aromatic carbocycles. The maximum atomic E-state index is 13.1. The molecule has 0 fully saturated rings. The number of unbranched alkanes of at least 4 members (excludes halogenated alkanes) is 3. The normalized spacial score (nSPS) is 11.5. The van der Waals surface area contributed by atoms with Gasteiger partial charge in [0.05, 0.1) is 0 Å². The summed E-state index contributed by atoms with van der Waals surface area (Å²) in [4.78, 5) is 2.27. The lowest BCUT2D eigenvalue weighted by molar-refractivity contribution is 0.316. The first-order valence-corrected chi connectivity index (χ1v) is 7.74. The third-order valence-electron chi connectivity index (χ3n) is 3.36. The molecule has 0 unspecified atom stereocenters. The van der Waals surface area contributed by atoms with Gasteiger partial charge in [-0.2, -0.15) is 0 Å². The Kier molecular flexibility index (Phi) is 8.47. The largest absolute Gasteiger partial charge is 0.315 e. The summed E-state index contributed by atoms with van der Waals surface area (Å²) in [5, 5.41) is 3.44. The quantitative estimate of drug-likeness (QED) is 0.656. The third-order valence-corrected chi connectivity index (χ3v) is 3.36. The number of benzene rings is 1. The maximum absolute atomic E-state index is 13.1. The molecule has 2 nitrogen and oxygen atoms in total. The van der Waals surface area contributed by atoms with E-state index in [9.17, 15) is 4.39 Å². The van der Waals surface area contributed by atoms with Gasteiger partial charge in [0.25, 0.3) is 0 Å². The van der Waals surface area contributed by atoms with Crippen LogP contribution in [0, 0.1) is 5.82 Å². The summed E-state index contributed by atoms with van der Waals surface area (Å²) >= 11 is 0. The van der Waals surface area contributed by atoms with Crippen molar-refractivity contribution in [2.45, 2.75) is 52.1 Å². The third kappa shape index (κ3) is 8.28. The van der Waals surface area contributed by atoms with Crippen LogP contribution in [-0.2, 0) is 6.54 Å². The van der Waals surface area contributed by atoms with Gasteiger partial charge in [0.2, 0.25) is 0 Å². The van der Waals surface area contributed by atoms with E-state index >= 15 is 0 Å². The number of hydrogen-bond donors (Lipinski definition) is 1. The molecule has 0 aliphatic heterocycles. The number of halogens is 1. The van der Waals surface area contributed by atoms with Crippen LogP contribution in [0.4, 0.5) is 4.39 Å². The average molecular weight is 280 g/mol. The van der Waals surface area contributed by atoms with Crippen LogP contribution in [0.15, 0.2) is 24.3 Å². The fraction of sp³-hybridized carbons (Fsp3) is 0.647. The van der Waals surface area contributed by atoms with Gasteiger partial charge in [-0.05, 0) is 50.7 Å². The summed E-state index contributed by atoms with van der Waals surface area (Å²) in [7, 11) is 2.10. The van der Waals surface area contributed by atoms with E-state index in [1.165, 1.54) is 31.7 Å². The van der Waals surface area contributed by atoms with E-state index in [0.717, 1.165) is 25.2 Å². The number of nitrogens with one attached hydrogen (secondary N) is 1. The topological polar surface area (TPSA) is 15.3 Å². The minimum absolute atomic E-state index is 0.145. The van der Waals surface area contributed by atoms with E-state index < -0.39 is 0 Å². The maximum Gasteiger partial charge on any atom is 0.123 e. The van der Waals surface area contributed by atoms with Crippen LogP contribution in [0.25, 0.3) is 0 Å². The highest BCUT2D eigenvalue weighted by molar-refractivity contribution is 5.15. The van der Waals surface area contributed by atoms with Gasteiger partial charge in [-0.3, -0.25) is 0 Å². The molecule has 0 saturated heterocycles. The highest BCUT2D eigenvalue weighted by atomic mass is 19.1. The van der Waals surface area contributed by atoms with Gasteiger partial charge in [0, 0.05) is 12.6 Å². The fourth-order valence-electron chi connectivity index (χ4n) is 2.28. The standard InChI is InChI=1S/C17H29FN2/c1-15(2)19-11-6-4-5-7-12-20(3)14-16-9-8-10-17(18)13-16/h8-10,13,15,19H,4-7,11-12,14H2,1-3H3. The second-order valence-electron chi connectivity index (χ2n) is 5.89. The molecular formula is C17H29FN2. The lowest BCUT2D eigenvalue weighted by Crippen LogP contribution is -2.23. The second-order valence-corrected chi connectivity index (χ2v) is 5.89. The van der Waals surface area contributed by atoms with E-state index in [1.54, 1.807) is 12.1 Å². The molecule has 0 aromatic heterocycles. The van der Waals surface area contributed by atoms with Gasteiger partial charge in [0.15, 0.2) is 0 Å². The molecule has 0 bridgehead atoms. The molecule has 1 aromatic rings. The molecule has 20 heavy (non-hydrogen) atoms. The Labute approximate surface area is 123 Å². The summed E-state index contributed by atoms with van der Waals surface area (Å²) < 4.78 is 13.1. The van der Waals surface area contributed by atoms with Crippen molar-refractivity contribution >= 4 is 0 Å². The summed E-state index contributed by atoms with van der Waals surface area (Å²) in [6, 6.07) is 7.47. The van der Waals surface area contributed by atoms with Crippen molar-refractivity contribution in [3.05, 3.63) is 35.6 Å². The van der Waals surface area contributed by atoms with Gasteiger partial charge in [0.1, 0.15) is 5.82 Å². The predicted octanol–water partition coefficient (Wildman–Crippen LogP) is 3.82. The molecule has 0 atom stereocenters. The summed E-state index contributed by atoms with van der Waals surface area (Å²) in [5.41, 5.74) is 1.05. The molecule has 0 radical (unpaired) electrons. The van der Waals surface area contributed by atoms with Gasteiger partial charge >= 0.3 is 0 Å². The average Bonchev–Trinajstić information content (AvgIpc) is 2.37. The molecule has 0 aliphatic rings. The summed E-state index contributed by atoms with van der Waals surface area (Å²) in [5.74, 6) is -0.145. The van der Waals surface area contributed by atoms with Gasteiger partial charge in [-0.25, -0.2) is 4.39 Å². The van der Waals surface area contributed by atoms with Crippen LogP contribution < -0.4 is 5.32 Å². The van der Waals surface area contributed by atoms with Crippen molar-refractivity contribution in [3.63, 3.8) is 0 Å². The zero-order chi connectivity index (χ0) is 14.8. The van der Waals surface area contributed by atoms with Crippen molar-refractivity contribution in [2.24, 2.45) is 0 Å². The Morgan fingerprint density at radius 2 is 1.90 bits per heavy atom. The Bertz CT molecular complexity index is 366. The number of hydrogen-bond acceptors (Lipinski definition) is 2. The highest BCUT2D eigenvalue weighted by Gasteiger charge is 2.01. The molecule has 1 N–H and O–H groups in total. The van der Waals surface area contributed by atoms with Crippen LogP contribution in [0.2, 0.25) is 0 Å². The van der Waals surface area contributed by atoms with Crippen LogP contribution in [0.5, 0.6) is 0 Å². The first-order chi connectivity index (χ1) is 9.58. The Hall–Kier alpha value is -0.930. The minimum Gasteiger partial charge on any atom is -0.315 e. The number of rotatable bonds is 10. The van der Waals surface area contributed by atoms with Crippen LogP contribution >= 0.6 is 0 Å².